The summed E-state index contributed by atoms with van der Waals surface area (Å²) in [5.74, 6) is -1.43. The van der Waals surface area contributed by atoms with Crippen molar-refractivity contribution >= 4 is 23.4 Å². The van der Waals surface area contributed by atoms with Crippen LogP contribution in [0.3, 0.4) is 0 Å². The van der Waals surface area contributed by atoms with Gasteiger partial charge in [0, 0.05) is 18.3 Å². The second-order valence-corrected chi connectivity index (χ2v) is 11.3. The van der Waals surface area contributed by atoms with E-state index in [9.17, 15) is 14.4 Å². The Labute approximate surface area is 235 Å². The van der Waals surface area contributed by atoms with E-state index >= 15 is 0 Å². The van der Waals surface area contributed by atoms with Gasteiger partial charge in [-0.05, 0) is 56.0 Å². The highest BCUT2D eigenvalue weighted by Crippen LogP contribution is 2.55. The van der Waals surface area contributed by atoms with E-state index in [1.807, 2.05) is 49.4 Å². The average molecular weight is 544 g/mol. The predicted octanol–water partition coefficient (Wildman–Crippen LogP) is 3.87. The third kappa shape index (κ3) is 4.79. The zero-order valence-electron chi connectivity index (χ0n) is 22.9. The molecule has 0 aromatic heterocycles. The van der Waals surface area contributed by atoms with E-state index in [1.54, 1.807) is 29.2 Å². The van der Waals surface area contributed by atoms with Gasteiger partial charge in [-0.1, -0.05) is 61.7 Å². The number of fused-ring (bicyclic) bond motifs is 1. The van der Waals surface area contributed by atoms with Crippen LogP contribution < -0.4 is 15.4 Å². The van der Waals surface area contributed by atoms with E-state index in [4.69, 9.17) is 9.47 Å². The standard InChI is InChI=1S/C32H37N3O5/c1-2-39-24-15-13-23(14-16-24)33-29(36)26-25-17-19-32(40-25)27(26)31(38)35(20-18-21-9-5-3-6-10-21)28(32)30(37)34-22-11-7-4-8-12-22/h3,5-6,9-10,13-17,19,22,25-28H,2,4,7-8,11-12,18,20H2,1H3,(H,33,36)(H,34,37)/t25-,26+,27-,28-,32-/m1/s1. The summed E-state index contributed by atoms with van der Waals surface area (Å²) in [6.07, 6.45) is 9.03. The molecule has 3 amide bonds. The number of ether oxygens (including phenoxy) is 2. The topological polar surface area (TPSA) is 97.0 Å². The molecule has 1 saturated carbocycles. The number of amides is 3. The molecule has 1 spiro atoms. The van der Waals surface area contributed by atoms with Gasteiger partial charge in [0.1, 0.15) is 17.4 Å². The quantitative estimate of drug-likeness (QED) is 0.468. The highest BCUT2D eigenvalue weighted by molar-refractivity contribution is 6.02. The van der Waals surface area contributed by atoms with Crippen molar-refractivity contribution in [3.63, 3.8) is 0 Å². The van der Waals surface area contributed by atoms with Gasteiger partial charge in [0.25, 0.3) is 0 Å². The normalized spacial score (nSPS) is 28.9. The van der Waals surface area contributed by atoms with Crippen LogP contribution in [-0.4, -0.2) is 59.6 Å². The summed E-state index contributed by atoms with van der Waals surface area (Å²) in [5, 5.41) is 6.21. The van der Waals surface area contributed by atoms with Gasteiger partial charge in [0.15, 0.2) is 0 Å². The van der Waals surface area contributed by atoms with Crippen LogP contribution in [0.25, 0.3) is 0 Å². The fourth-order valence-electron chi connectivity index (χ4n) is 6.96. The number of anilines is 1. The molecule has 6 rings (SSSR count). The van der Waals surface area contributed by atoms with Crippen molar-refractivity contribution in [2.75, 3.05) is 18.5 Å². The Morgan fingerprint density at radius 1 is 1.02 bits per heavy atom. The molecule has 4 aliphatic rings. The Kier molecular flexibility index (Phi) is 7.36. The SMILES string of the molecule is CCOc1ccc(NC(=O)[C@H]2[C@H]3C=C[C@@]4(O3)[C@H]2C(=O)N(CCc2ccccc2)[C@@H]4C(=O)NC2CCCCC2)cc1. The highest BCUT2D eigenvalue weighted by atomic mass is 16.5. The van der Waals surface area contributed by atoms with Gasteiger partial charge in [0.05, 0.1) is 24.5 Å². The maximum atomic E-state index is 14.1. The van der Waals surface area contributed by atoms with E-state index in [0.717, 1.165) is 37.0 Å². The first-order valence-electron chi connectivity index (χ1n) is 14.6. The molecular weight excluding hydrogens is 506 g/mol. The van der Waals surface area contributed by atoms with Crippen LogP contribution in [0.4, 0.5) is 5.69 Å². The molecule has 2 bridgehead atoms. The minimum absolute atomic E-state index is 0.101. The molecule has 2 aromatic carbocycles. The molecule has 3 aliphatic heterocycles. The van der Waals surface area contributed by atoms with Gasteiger partial charge >= 0.3 is 0 Å². The fourth-order valence-corrected chi connectivity index (χ4v) is 6.96. The molecular formula is C32H37N3O5. The van der Waals surface area contributed by atoms with E-state index in [0.29, 0.717) is 25.3 Å². The molecule has 1 aliphatic carbocycles. The Morgan fingerprint density at radius 2 is 1.77 bits per heavy atom. The van der Waals surface area contributed by atoms with Gasteiger partial charge in [-0.15, -0.1) is 0 Å². The zero-order chi connectivity index (χ0) is 27.7. The number of nitrogens with one attached hydrogen (secondary N) is 2. The van der Waals surface area contributed by atoms with Crippen LogP contribution in [0.5, 0.6) is 5.75 Å². The van der Waals surface area contributed by atoms with Gasteiger partial charge < -0.3 is 25.0 Å². The predicted molar refractivity (Wildman–Crippen MR) is 151 cm³/mol. The first-order valence-corrected chi connectivity index (χ1v) is 14.6. The van der Waals surface area contributed by atoms with Crippen LogP contribution in [0.2, 0.25) is 0 Å². The third-order valence-electron chi connectivity index (χ3n) is 8.79. The Morgan fingerprint density at radius 3 is 2.50 bits per heavy atom. The molecule has 0 radical (unpaired) electrons. The molecule has 8 heteroatoms. The molecule has 2 saturated heterocycles. The van der Waals surface area contributed by atoms with Crippen molar-refractivity contribution in [3.05, 3.63) is 72.3 Å². The molecule has 40 heavy (non-hydrogen) atoms. The third-order valence-corrected chi connectivity index (χ3v) is 8.79. The van der Waals surface area contributed by atoms with Crippen molar-refractivity contribution in [2.24, 2.45) is 11.8 Å². The zero-order valence-corrected chi connectivity index (χ0v) is 22.9. The van der Waals surface area contributed by atoms with Crippen molar-refractivity contribution in [2.45, 2.75) is 69.2 Å². The number of rotatable bonds is 9. The number of carbonyl (C=O) groups is 3. The summed E-state index contributed by atoms with van der Waals surface area (Å²) in [4.78, 5) is 43.4. The monoisotopic (exact) mass is 543 g/mol. The van der Waals surface area contributed by atoms with E-state index in [1.165, 1.54) is 6.42 Å². The largest absolute Gasteiger partial charge is 0.494 e. The summed E-state index contributed by atoms with van der Waals surface area (Å²) in [6.45, 7) is 2.85. The molecule has 2 aromatic rings. The van der Waals surface area contributed by atoms with Crippen molar-refractivity contribution in [1.82, 2.24) is 10.2 Å². The smallest absolute Gasteiger partial charge is 0.246 e. The molecule has 3 heterocycles. The number of likely N-dealkylation sites (tertiary alicyclic amines) is 1. The number of nitrogens with zero attached hydrogens (tertiary/aromatic N) is 1. The number of hydrogen-bond acceptors (Lipinski definition) is 5. The summed E-state index contributed by atoms with van der Waals surface area (Å²) in [6, 6.07) is 16.4. The Balaban J connectivity index is 1.26. The molecule has 210 valence electrons. The molecule has 8 nitrogen and oxygen atoms in total. The van der Waals surface area contributed by atoms with Crippen LogP contribution in [0.1, 0.15) is 44.6 Å². The Hall–Kier alpha value is -3.65. The lowest BCUT2D eigenvalue weighted by atomic mass is 9.74. The van der Waals surface area contributed by atoms with Gasteiger partial charge in [-0.3, -0.25) is 14.4 Å². The van der Waals surface area contributed by atoms with Crippen LogP contribution in [-0.2, 0) is 25.5 Å². The van der Waals surface area contributed by atoms with Crippen LogP contribution >= 0.6 is 0 Å². The van der Waals surface area contributed by atoms with Gasteiger partial charge in [-0.2, -0.15) is 0 Å². The Bertz CT molecular complexity index is 1270. The first kappa shape index (κ1) is 26.6. The second kappa shape index (κ2) is 11.1. The van der Waals surface area contributed by atoms with E-state index < -0.39 is 29.6 Å². The van der Waals surface area contributed by atoms with Crippen molar-refractivity contribution < 1.29 is 23.9 Å². The number of hydrogen-bond donors (Lipinski definition) is 2. The molecule has 0 unspecified atom stereocenters. The fraction of sp³-hybridized carbons (Fsp3) is 0.469. The van der Waals surface area contributed by atoms with Crippen LogP contribution in [0, 0.1) is 11.8 Å². The van der Waals surface area contributed by atoms with Crippen molar-refractivity contribution in [3.8, 4) is 5.75 Å². The lowest BCUT2D eigenvalue weighted by Gasteiger charge is -2.34. The van der Waals surface area contributed by atoms with E-state index in [2.05, 4.69) is 10.6 Å². The summed E-state index contributed by atoms with van der Waals surface area (Å²) >= 11 is 0. The molecule has 2 N–H and O–H groups in total. The lowest BCUT2D eigenvalue weighted by Crippen LogP contribution is -2.56. The van der Waals surface area contributed by atoms with E-state index in [-0.39, 0.29) is 23.8 Å². The molecule has 3 fully saturated rings. The molecule has 5 atom stereocenters. The highest BCUT2D eigenvalue weighted by Gasteiger charge is 2.72. The minimum Gasteiger partial charge on any atom is -0.494 e. The number of benzene rings is 2. The summed E-state index contributed by atoms with van der Waals surface area (Å²) < 4.78 is 12.0. The summed E-state index contributed by atoms with van der Waals surface area (Å²) in [7, 11) is 0. The number of carbonyl (C=O) groups excluding carboxylic acids is 3. The maximum absolute atomic E-state index is 14.1. The van der Waals surface area contributed by atoms with Gasteiger partial charge in [0.2, 0.25) is 17.7 Å². The van der Waals surface area contributed by atoms with Gasteiger partial charge in [-0.25, -0.2) is 0 Å². The summed E-state index contributed by atoms with van der Waals surface area (Å²) in [5.41, 5.74) is 0.548. The first-order chi connectivity index (χ1) is 19.5. The maximum Gasteiger partial charge on any atom is 0.246 e. The second-order valence-electron chi connectivity index (χ2n) is 11.3. The lowest BCUT2D eigenvalue weighted by molar-refractivity contribution is -0.141. The van der Waals surface area contributed by atoms with Crippen molar-refractivity contribution in [1.29, 1.82) is 0 Å². The average Bonchev–Trinajstić information content (AvgIpc) is 3.61. The minimum atomic E-state index is -1.15. The van der Waals surface area contributed by atoms with Crippen LogP contribution in [0.15, 0.2) is 66.7 Å².